The van der Waals surface area contributed by atoms with Gasteiger partial charge in [-0.15, -0.1) is 11.6 Å². The van der Waals surface area contributed by atoms with E-state index in [4.69, 9.17) is 11.6 Å². The van der Waals surface area contributed by atoms with Gasteiger partial charge in [-0.3, -0.25) is 0 Å². The number of nitrogens with zero attached hydrogens (tertiary/aromatic N) is 2. The Kier molecular flexibility index (Phi) is 4.60. The molecule has 5 heteroatoms. The van der Waals surface area contributed by atoms with Crippen LogP contribution in [0, 0.1) is 3.57 Å². The van der Waals surface area contributed by atoms with Crippen LogP contribution in [0.2, 0.25) is 0 Å². The summed E-state index contributed by atoms with van der Waals surface area (Å²) in [5.41, 5.74) is 2.22. The zero-order valence-corrected chi connectivity index (χ0v) is 13.5. The zero-order chi connectivity index (χ0) is 12.4. The molecular weight excluding hydrogens is 367 g/mol. The Balaban J connectivity index is 2.54. The summed E-state index contributed by atoms with van der Waals surface area (Å²) >= 11 is 10.4. The van der Waals surface area contributed by atoms with Crippen LogP contribution in [0.25, 0.3) is 11.0 Å². The van der Waals surface area contributed by atoms with Gasteiger partial charge >= 0.3 is 0 Å². The first kappa shape index (κ1) is 13.5. The lowest BCUT2D eigenvalue weighted by Gasteiger charge is -2.09. The van der Waals surface area contributed by atoms with E-state index in [1.54, 1.807) is 0 Å². The van der Waals surface area contributed by atoms with Crippen molar-refractivity contribution in [3.8, 4) is 0 Å². The molecule has 1 aromatic heterocycles. The van der Waals surface area contributed by atoms with Gasteiger partial charge in [-0.25, -0.2) is 4.98 Å². The Morgan fingerprint density at radius 2 is 2.29 bits per heavy atom. The first-order chi connectivity index (χ1) is 8.13. The van der Waals surface area contributed by atoms with Crippen LogP contribution in [0.3, 0.4) is 0 Å². The van der Waals surface area contributed by atoms with Crippen molar-refractivity contribution in [2.24, 2.45) is 0 Å². The Hall–Kier alpha value is 0.0600. The van der Waals surface area contributed by atoms with E-state index >= 15 is 0 Å². The minimum absolute atomic E-state index is 0.0538. The topological polar surface area (TPSA) is 17.8 Å². The van der Waals surface area contributed by atoms with Crippen molar-refractivity contribution in [3.05, 3.63) is 27.6 Å². The molecule has 0 N–H and O–H groups in total. The van der Waals surface area contributed by atoms with Crippen LogP contribution in [-0.4, -0.2) is 21.6 Å². The maximum Gasteiger partial charge on any atom is 0.127 e. The van der Waals surface area contributed by atoms with Gasteiger partial charge < -0.3 is 4.57 Å². The molecular formula is C12H14ClIN2S. The molecule has 1 unspecified atom stereocenters. The average Bonchev–Trinajstić information content (AvgIpc) is 2.64. The first-order valence-electron chi connectivity index (χ1n) is 5.42. The smallest absolute Gasteiger partial charge is 0.127 e. The highest BCUT2D eigenvalue weighted by Crippen LogP contribution is 2.25. The summed E-state index contributed by atoms with van der Waals surface area (Å²) in [5.74, 6) is 2.05. The Labute approximate surface area is 124 Å². The fraction of sp³-hybridized carbons (Fsp3) is 0.417. The van der Waals surface area contributed by atoms with E-state index in [2.05, 4.69) is 56.6 Å². The number of rotatable bonds is 4. The van der Waals surface area contributed by atoms with Crippen molar-refractivity contribution in [2.45, 2.75) is 18.8 Å². The molecule has 0 spiro atoms. The first-order valence-corrected chi connectivity index (χ1v) is 8.33. The summed E-state index contributed by atoms with van der Waals surface area (Å²) in [6.07, 6.45) is 2.12. The van der Waals surface area contributed by atoms with E-state index < -0.39 is 0 Å². The number of aryl methyl sites for hydroxylation is 1. The number of hydrogen-bond acceptors (Lipinski definition) is 2. The third kappa shape index (κ3) is 2.90. The molecule has 0 bridgehead atoms. The van der Waals surface area contributed by atoms with Crippen molar-refractivity contribution in [2.75, 3.05) is 12.0 Å². The van der Waals surface area contributed by atoms with E-state index in [1.807, 2.05) is 18.7 Å². The van der Waals surface area contributed by atoms with Crippen molar-refractivity contribution >= 4 is 57.0 Å². The van der Waals surface area contributed by atoms with Crippen LogP contribution in [0.4, 0.5) is 0 Å². The van der Waals surface area contributed by atoms with Gasteiger partial charge in [0, 0.05) is 15.9 Å². The molecule has 17 heavy (non-hydrogen) atoms. The molecule has 0 saturated carbocycles. The van der Waals surface area contributed by atoms with Gasteiger partial charge in [-0.05, 0) is 54.0 Å². The van der Waals surface area contributed by atoms with E-state index in [-0.39, 0.29) is 5.38 Å². The predicted octanol–water partition coefficient (Wildman–Crippen LogP) is 4.30. The minimum atomic E-state index is -0.0538. The van der Waals surface area contributed by atoms with Crippen LogP contribution >= 0.6 is 46.0 Å². The number of imidazole rings is 1. The molecule has 0 amide bonds. The fourth-order valence-corrected chi connectivity index (χ4v) is 2.85. The van der Waals surface area contributed by atoms with Gasteiger partial charge in [0.1, 0.15) is 5.82 Å². The third-order valence-corrected chi connectivity index (χ3v) is 4.07. The second kappa shape index (κ2) is 5.80. The Morgan fingerprint density at radius 3 is 2.94 bits per heavy atom. The number of hydrogen-bond donors (Lipinski definition) is 0. The number of aromatic nitrogens is 2. The molecule has 1 atom stereocenters. The summed E-state index contributed by atoms with van der Waals surface area (Å²) in [6.45, 7) is 2.94. The molecule has 0 aliphatic heterocycles. The Morgan fingerprint density at radius 1 is 1.53 bits per heavy atom. The van der Waals surface area contributed by atoms with Gasteiger partial charge in [-0.2, -0.15) is 11.8 Å². The van der Waals surface area contributed by atoms with Gasteiger partial charge in [0.15, 0.2) is 0 Å². The van der Waals surface area contributed by atoms with Crippen molar-refractivity contribution in [1.29, 1.82) is 0 Å². The number of benzene rings is 1. The maximum atomic E-state index is 6.21. The highest BCUT2D eigenvalue weighted by atomic mass is 127. The third-order valence-electron chi connectivity index (χ3n) is 2.61. The largest absolute Gasteiger partial charge is 0.326 e. The highest BCUT2D eigenvalue weighted by Gasteiger charge is 2.14. The lowest BCUT2D eigenvalue weighted by atomic mass is 10.3. The van der Waals surface area contributed by atoms with E-state index in [1.165, 1.54) is 9.09 Å². The van der Waals surface area contributed by atoms with Gasteiger partial charge in [0.05, 0.1) is 16.4 Å². The molecule has 2 nitrogen and oxygen atoms in total. The summed E-state index contributed by atoms with van der Waals surface area (Å²) in [6, 6.07) is 6.35. The maximum absolute atomic E-state index is 6.21. The molecule has 1 aromatic carbocycles. The molecule has 0 fully saturated rings. The molecule has 0 radical (unpaired) electrons. The normalized spacial score (nSPS) is 13.2. The minimum Gasteiger partial charge on any atom is -0.326 e. The molecule has 1 heterocycles. The molecule has 0 aliphatic carbocycles. The van der Waals surface area contributed by atoms with Crippen LogP contribution in [0.5, 0.6) is 0 Å². The van der Waals surface area contributed by atoms with Gasteiger partial charge in [0.25, 0.3) is 0 Å². The SMILES string of the molecule is CSCCn1c(C(C)Cl)nc2cc(I)ccc21. The van der Waals surface area contributed by atoms with Gasteiger partial charge in [-0.1, -0.05) is 0 Å². The molecule has 0 aliphatic rings. The van der Waals surface area contributed by atoms with E-state index in [0.29, 0.717) is 0 Å². The van der Waals surface area contributed by atoms with E-state index in [9.17, 15) is 0 Å². The lowest BCUT2D eigenvalue weighted by Crippen LogP contribution is -2.06. The number of alkyl halides is 1. The second-order valence-electron chi connectivity index (χ2n) is 3.86. The lowest BCUT2D eigenvalue weighted by molar-refractivity contribution is 0.724. The second-order valence-corrected chi connectivity index (χ2v) is 6.75. The van der Waals surface area contributed by atoms with Crippen LogP contribution in [0.15, 0.2) is 18.2 Å². The molecule has 92 valence electrons. The monoisotopic (exact) mass is 380 g/mol. The van der Waals surface area contributed by atoms with Crippen LogP contribution in [0.1, 0.15) is 18.1 Å². The van der Waals surface area contributed by atoms with Crippen molar-refractivity contribution in [3.63, 3.8) is 0 Å². The van der Waals surface area contributed by atoms with Crippen LogP contribution in [-0.2, 0) is 6.54 Å². The summed E-state index contributed by atoms with van der Waals surface area (Å²) in [4.78, 5) is 4.64. The summed E-state index contributed by atoms with van der Waals surface area (Å²) in [5, 5.41) is -0.0538. The number of thioether (sulfide) groups is 1. The summed E-state index contributed by atoms with van der Waals surface area (Å²) in [7, 11) is 0. The molecule has 2 rings (SSSR count). The zero-order valence-electron chi connectivity index (χ0n) is 9.78. The molecule has 0 saturated heterocycles. The number of halogens is 2. The van der Waals surface area contributed by atoms with E-state index in [0.717, 1.165) is 23.6 Å². The standard InChI is InChI=1S/C12H14ClIN2S/c1-8(13)12-15-10-7-9(14)3-4-11(10)16(12)5-6-17-2/h3-4,7-8H,5-6H2,1-2H3. The molecule has 2 aromatic rings. The van der Waals surface area contributed by atoms with Gasteiger partial charge in [0.2, 0.25) is 0 Å². The highest BCUT2D eigenvalue weighted by molar-refractivity contribution is 14.1. The number of fused-ring (bicyclic) bond motifs is 1. The van der Waals surface area contributed by atoms with Crippen molar-refractivity contribution < 1.29 is 0 Å². The average molecular weight is 381 g/mol. The summed E-state index contributed by atoms with van der Waals surface area (Å²) < 4.78 is 3.44. The fourth-order valence-electron chi connectivity index (χ4n) is 1.84. The Bertz CT molecular complexity index is 524. The predicted molar refractivity (Wildman–Crippen MR) is 85.1 cm³/mol. The van der Waals surface area contributed by atoms with Crippen molar-refractivity contribution in [1.82, 2.24) is 9.55 Å². The van der Waals surface area contributed by atoms with Crippen LogP contribution < -0.4 is 0 Å². The quantitative estimate of drug-likeness (QED) is 0.581.